The van der Waals surface area contributed by atoms with Crippen LogP contribution < -0.4 is 0 Å². The molecule has 10 heteroatoms. The van der Waals surface area contributed by atoms with Crippen LogP contribution in [0.15, 0.2) is 67.0 Å². The lowest BCUT2D eigenvalue weighted by Crippen LogP contribution is -2.28. The van der Waals surface area contributed by atoms with Crippen molar-refractivity contribution in [3.05, 3.63) is 83.1 Å². The molecule has 0 unspecified atom stereocenters. The second-order valence-corrected chi connectivity index (χ2v) is 12.6. The Morgan fingerprint density at radius 2 is 1.74 bits per heavy atom. The van der Waals surface area contributed by atoms with Crippen molar-refractivity contribution in [3.8, 4) is 33.1 Å². The minimum Gasteiger partial charge on any atom is -0.479 e. The molecule has 42 heavy (non-hydrogen) atoms. The van der Waals surface area contributed by atoms with Crippen LogP contribution in [0.3, 0.4) is 0 Å². The van der Waals surface area contributed by atoms with Gasteiger partial charge in [-0.2, -0.15) is 5.10 Å². The fourth-order valence-electron chi connectivity index (χ4n) is 5.04. The largest absolute Gasteiger partial charge is 0.479 e. The standard InChI is InChI=1S/C32H28ClN5O3S/c1-17-14-23-29(27(18-6-8-20(33)9-7-18)26(17)28(31(39)40)41-32(2,3)4)42-30(36-23)24-15-19(12-13-34-24)21-10-11-22-25(35-21)16-38(5)37-22/h6-16,28H,1-5H3,(H,39,40)/t28-/m0/s1. The number of benzene rings is 2. The summed E-state index contributed by atoms with van der Waals surface area (Å²) in [6.07, 6.45) is 2.46. The van der Waals surface area contributed by atoms with Gasteiger partial charge in [-0.25, -0.2) is 14.8 Å². The van der Waals surface area contributed by atoms with Gasteiger partial charge in [-0.1, -0.05) is 23.7 Å². The Morgan fingerprint density at radius 3 is 2.45 bits per heavy atom. The highest BCUT2D eigenvalue weighted by Gasteiger charge is 2.32. The van der Waals surface area contributed by atoms with E-state index in [9.17, 15) is 9.90 Å². The lowest BCUT2D eigenvalue weighted by Gasteiger charge is -2.28. The Labute approximate surface area is 251 Å². The van der Waals surface area contributed by atoms with Gasteiger partial charge in [-0.15, -0.1) is 11.3 Å². The molecule has 2 aromatic carbocycles. The number of fused-ring (bicyclic) bond motifs is 2. The average molecular weight is 598 g/mol. The van der Waals surface area contributed by atoms with Crippen LogP contribution in [-0.2, 0) is 16.6 Å². The number of pyridine rings is 2. The smallest absolute Gasteiger partial charge is 0.337 e. The number of hydrogen-bond acceptors (Lipinski definition) is 7. The summed E-state index contributed by atoms with van der Waals surface area (Å²) in [5, 5.41) is 16.0. The lowest BCUT2D eigenvalue weighted by atomic mass is 9.91. The first-order valence-corrected chi connectivity index (χ1v) is 14.5. The predicted octanol–water partition coefficient (Wildman–Crippen LogP) is 7.88. The third-order valence-electron chi connectivity index (χ3n) is 6.77. The lowest BCUT2D eigenvalue weighted by molar-refractivity contribution is -0.160. The molecule has 6 rings (SSSR count). The summed E-state index contributed by atoms with van der Waals surface area (Å²) in [5.41, 5.74) is 7.10. The Hall–Kier alpha value is -4.18. The number of ether oxygens (including phenoxy) is 1. The van der Waals surface area contributed by atoms with Crippen molar-refractivity contribution in [1.82, 2.24) is 24.7 Å². The van der Waals surface area contributed by atoms with Crippen LogP contribution in [0, 0.1) is 6.92 Å². The van der Waals surface area contributed by atoms with Crippen LogP contribution >= 0.6 is 22.9 Å². The Balaban J connectivity index is 1.53. The molecule has 6 aromatic rings. The topological polar surface area (TPSA) is 103 Å². The number of aromatic nitrogens is 5. The van der Waals surface area contributed by atoms with Crippen molar-refractivity contribution in [2.45, 2.75) is 39.4 Å². The molecule has 8 nitrogen and oxygen atoms in total. The van der Waals surface area contributed by atoms with Gasteiger partial charge in [0.1, 0.15) is 16.0 Å². The van der Waals surface area contributed by atoms with Crippen LogP contribution in [0.2, 0.25) is 5.02 Å². The molecule has 212 valence electrons. The first-order chi connectivity index (χ1) is 20.0. The molecule has 0 amide bonds. The predicted molar refractivity (Wildman–Crippen MR) is 167 cm³/mol. The molecule has 0 spiro atoms. The van der Waals surface area contributed by atoms with Crippen molar-refractivity contribution in [1.29, 1.82) is 0 Å². The number of hydrogen-bond donors (Lipinski definition) is 1. The molecular formula is C32H28ClN5O3S. The van der Waals surface area contributed by atoms with Gasteiger partial charge in [-0.3, -0.25) is 9.67 Å². The van der Waals surface area contributed by atoms with Gasteiger partial charge in [0, 0.05) is 35.0 Å². The summed E-state index contributed by atoms with van der Waals surface area (Å²) >= 11 is 7.69. The molecule has 1 atom stereocenters. The van der Waals surface area contributed by atoms with E-state index in [0.29, 0.717) is 21.3 Å². The second kappa shape index (κ2) is 10.6. The van der Waals surface area contributed by atoms with Crippen LogP contribution in [0.25, 0.3) is 54.3 Å². The second-order valence-electron chi connectivity index (χ2n) is 11.1. The van der Waals surface area contributed by atoms with Gasteiger partial charge in [-0.05, 0) is 81.3 Å². The molecular weight excluding hydrogens is 570 g/mol. The van der Waals surface area contributed by atoms with E-state index in [1.807, 2.05) is 83.4 Å². The van der Waals surface area contributed by atoms with Crippen LogP contribution in [-0.4, -0.2) is 41.4 Å². The third-order valence-corrected chi connectivity index (χ3v) is 8.13. The van der Waals surface area contributed by atoms with Gasteiger partial charge in [0.2, 0.25) is 0 Å². The summed E-state index contributed by atoms with van der Waals surface area (Å²) in [7, 11) is 1.87. The minimum atomic E-state index is -1.18. The third kappa shape index (κ3) is 5.38. The quantitative estimate of drug-likeness (QED) is 0.208. The molecule has 0 aliphatic rings. The number of aliphatic carboxylic acids is 1. The fraction of sp³-hybridized carbons (Fsp3) is 0.219. The summed E-state index contributed by atoms with van der Waals surface area (Å²) in [5.74, 6) is -1.06. The van der Waals surface area contributed by atoms with E-state index in [4.69, 9.17) is 26.3 Å². The Kier molecular flexibility index (Phi) is 7.04. The molecule has 0 aliphatic heterocycles. The van der Waals surface area contributed by atoms with Gasteiger partial charge >= 0.3 is 5.97 Å². The molecule has 1 N–H and O–H groups in total. The highest BCUT2D eigenvalue weighted by molar-refractivity contribution is 7.22. The fourth-order valence-corrected chi connectivity index (χ4v) is 6.26. The zero-order valence-corrected chi connectivity index (χ0v) is 25.3. The number of rotatable bonds is 6. The number of carbonyl (C=O) groups is 1. The highest BCUT2D eigenvalue weighted by Crippen LogP contribution is 2.44. The number of aryl methyl sites for hydroxylation is 2. The Morgan fingerprint density at radius 1 is 0.976 bits per heavy atom. The SMILES string of the molecule is Cc1cc2nc(-c3cc(-c4ccc5nn(C)cc5n4)ccn3)sc2c(-c2ccc(Cl)cc2)c1[C@H](OC(C)(C)C)C(=O)O. The summed E-state index contributed by atoms with van der Waals surface area (Å²) < 4.78 is 8.72. The maximum Gasteiger partial charge on any atom is 0.337 e. The Bertz CT molecular complexity index is 1980. The first-order valence-electron chi connectivity index (χ1n) is 13.3. The van der Waals surface area contributed by atoms with Crippen molar-refractivity contribution in [3.63, 3.8) is 0 Å². The van der Waals surface area contributed by atoms with Crippen molar-refractivity contribution in [2.24, 2.45) is 7.05 Å². The molecule has 0 saturated carbocycles. The van der Waals surface area contributed by atoms with E-state index in [-0.39, 0.29) is 0 Å². The number of carboxylic acid groups (broad SMARTS) is 1. The van der Waals surface area contributed by atoms with Crippen LogP contribution in [0.1, 0.15) is 38.0 Å². The van der Waals surface area contributed by atoms with Gasteiger partial charge in [0.05, 0.1) is 33.4 Å². The zero-order chi connectivity index (χ0) is 29.8. The van der Waals surface area contributed by atoms with E-state index >= 15 is 0 Å². The van der Waals surface area contributed by atoms with E-state index < -0.39 is 17.7 Å². The van der Waals surface area contributed by atoms with Crippen molar-refractivity contribution in [2.75, 3.05) is 0 Å². The van der Waals surface area contributed by atoms with Crippen LogP contribution in [0.5, 0.6) is 0 Å². The monoisotopic (exact) mass is 597 g/mol. The maximum atomic E-state index is 12.6. The van der Waals surface area contributed by atoms with Gasteiger partial charge < -0.3 is 9.84 Å². The van der Waals surface area contributed by atoms with Gasteiger partial charge in [0.25, 0.3) is 0 Å². The first kappa shape index (κ1) is 28.0. The molecule has 0 aliphatic carbocycles. The van der Waals surface area contributed by atoms with Crippen molar-refractivity contribution >= 4 is 50.2 Å². The summed E-state index contributed by atoms with van der Waals surface area (Å²) in [6, 6.07) is 17.1. The minimum absolute atomic E-state index is 0.592. The molecule has 4 heterocycles. The molecule has 0 fully saturated rings. The zero-order valence-electron chi connectivity index (χ0n) is 23.7. The molecule has 0 radical (unpaired) electrons. The molecule has 0 saturated heterocycles. The maximum absolute atomic E-state index is 12.6. The van der Waals surface area contributed by atoms with E-state index in [0.717, 1.165) is 49.2 Å². The van der Waals surface area contributed by atoms with Crippen molar-refractivity contribution < 1.29 is 14.6 Å². The summed E-state index contributed by atoms with van der Waals surface area (Å²) in [6.45, 7) is 7.45. The van der Waals surface area contributed by atoms with Gasteiger partial charge in [0.15, 0.2) is 6.10 Å². The van der Waals surface area contributed by atoms with Crippen LogP contribution in [0.4, 0.5) is 0 Å². The molecule has 0 bridgehead atoms. The highest BCUT2D eigenvalue weighted by atomic mass is 35.5. The van der Waals surface area contributed by atoms with E-state index in [2.05, 4.69) is 10.1 Å². The number of halogens is 1. The van der Waals surface area contributed by atoms with E-state index in [1.54, 1.807) is 23.0 Å². The number of thiazole rings is 1. The van der Waals surface area contributed by atoms with E-state index in [1.165, 1.54) is 11.3 Å². The normalized spacial score (nSPS) is 12.7. The average Bonchev–Trinajstić information content (AvgIpc) is 3.53. The number of nitrogens with zero attached hydrogens (tertiary/aromatic N) is 5. The summed E-state index contributed by atoms with van der Waals surface area (Å²) in [4.78, 5) is 27.0. The number of carboxylic acids is 1. The molecule has 4 aromatic heterocycles.